The summed E-state index contributed by atoms with van der Waals surface area (Å²) in [5, 5.41) is 9.64. The van der Waals surface area contributed by atoms with Crippen LogP contribution >= 0.6 is 11.8 Å². The van der Waals surface area contributed by atoms with Crippen molar-refractivity contribution in [1.82, 2.24) is 5.43 Å². The minimum Gasteiger partial charge on any atom is -0.392 e. The van der Waals surface area contributed by atoms with Gasteiger partial charge in [-0.3, -0.25) is 5.84 Å². The molecule has 0 heterocycles. The summed E-state index contributed by atoms with van der Waals surface area (Å²) in [6.07, 6.45) is 1.14. The first-order valence-electron chi connectivity index (χ1n) is 10.8. The van der Waals surface area contributed by atoms with Crippen LogP contribution in [0.1, 0.15) is 48.0 Å². The van der Waals surface area contributed by atoms with Crippen LogP contribution in [-0.2, 0) is 0 Å². The molecule has 168 valence electrons. The van der Waals surface area contributed by atoms with Crippen molar-refractivity contribution in [2.75, 3.05) is 24.6 Å². The summed E-state index contributed by atoms with van der Waals surface area (Å²) in [5.41, 5.74) is 12.4. The summed E-state index contributed by atoms with van der Waals surface area (Å²) < 4.78 is 0. The maximum absolute atomic E-state index is 9.18. The van der Waals surface area contributed by atoms with E-state index in [4.69, 9.17) is 11.6 Å². The largest absolute Gasteiger partial charge is 0.392 e. The summed E-state index contributed by atoms with van der Waals surface area (Å²) in [7, 11) is 0. The minimum atomic E-state index is -0.216. The maximum atomic E-state index is 9.18. The number of hydrogen-bond acceptors (Lipinski definition) is 6. The van der Waals surface area contributed by atoms with Crippen LogP contribution in [0.15, 0.2) is 64.2 Å². The Labute approximate surface area is 187 Å². The maximum Gasteiger partial charge on any atom is 0.0935 e. The quantitative estimate of drug-likeness (QED) is 0.244. The number of rotatable bonds is 9. The van der Waals surface area contributed by atoms with Crippen LogP contribution < -0.4 is 21.9 Å². The number of benzene rings is 2. The second-order valence-electron chi connectivity index (χ2n) is 5.90. The smallest absolute Gasteiger partial charge is 0.0935 e. The molecule has 0 spiro atoms. The predicted octanol–water partition coefficient (Wildman–Crippen LogP) is 5.32. The number of thioether (sulfide) groups is 1. The average molecular weight is 433 g/mol. The van der Waals surface area contributed by atoms with Crippen LogP contribution in [0.3, 0.4) is 0 Å². The Morgan fingerprint density at radius 2 is 1.43 bits per heavy atom. The molecule has 2 aromatic rings. The van der Waals surface area contributed by atoms with Crippen LogP contribution in [0, 0.1) is 0 Å². The fraction of sp³-hybridized carbons (Fsp3) is 0.417. The lowest BCUT2D eigenvalue weighted by Crippen LogP contribution is -2.26. The Morgan fingerprint density at radius 3 is 1.83 bits per heavy atom. The second kappa shape index (κ2) is 16.6. The van der Waals surface area contributed by atoms with Crippen molar-refractivity contribution in [3.63, 3.8) is 0 Å². The number of nitrogens with one attached hydrogen (secondary N) is 1. The number of anilines is 1. The first kappa shape index (κ1) is 27.8. The van der Waals surface area contributed by atoms with Crippen molar-refractivity contribution in [3.05, 3.63) is 59.3 Å². The molecule has 5 nitrogen and oxygen atoms in total. The normalized spacial score (nSPS) is 10.7. The van der Waals surface area contributed by atoms with E-state index < -0.39 is 0 Å². The number of hydrogen-bond donors (Lipinski definition) is 4. The van der Waals surface area contributed by atoms with Crippen LogP contribution in [0.5, 0.6) is 0 Å². The SMILES string of the molecule is CC.CC.CCCN(CC)c1ccc(-c2ccc(S/C(N)=C(\CO)NN)cc2)cc1. The zero-order valence-electron chi connectivity index (χ0n) is 19.4. The van der Waals surface area contributed by atoms with E-state index >= 15 is 0 Å². The number of aliphatic hydroxyl groups is 1. The lowest BCUT2D eigenvalue weighted by atomic mass is 10.1. The van der Waals surface area contributed by atoms with E-state index in [1.165, 1.54) is 23.0 Å². The Kier molecular flexibility index (Phi) is 15.4. The van der Waals surface area contributed by atoms with Gasteiger partial charge in [-0.05, 0) is 48.7 Å². The summed E-state index contributed by atoms with van der Waals surface area (Å²) >= 11 is 1.37. The molecule has 6 heteroatoms. The first-order chi connectivity index (χ1) is 14.6. The number of nitrogens with two attached hydrogens (primary N) is 2. The lowest BCUT2D eigenvalue weighted by molar-refractivity contribution is 0.321. The molecular formula is C24H40N4OS. The molecule has 0 radical (unpaired) electrons. The second-order valence-corrected chi connectivity index (χ2v) is 7.01. The average Bonchev–Trinajstić information content (AvgIpc) is 2.81. The van der Waals surface area contributed by atoms with Crippen LogP contribution in [0.4, 0.5) is 5.69 Å². The molecule has 0 aliphatic rings. The molecule has 0 aliphatic heterocycles. The van der Waals surface area contributed by atoms with Crippen molar-refractivity contribution in [1.29, 1.82) is 0 Å². The first-order valence-corrected chi connectivity index (χ1v) is 11.6. The lowest BCUT2D eigenvalue weighted by Gasteiger charge is -2.22. The predicted molar refractivity (Wildman–Crippen MR) is 134 cm³/mol. The Bertz CT molecular complexity index is 709. The third-order valence-electron chi connectivity index (χ3n) is 4.15. The molecule has 0 atom stereocenters. The van der Waals surface area contributed by atoms with E-state index in [1.54, 1.807) is 0 Å². The summed E-state index contributed by atoms with van der Waals surface area (Å²) in [5.74, 6) is 5.34. The summed E-state index contributed by atoms with van der Waals surface area (Å²) in [6.45, 7) is 14.3. The zero-order chi connectivity index (χ0) is 22.9. The van der Waals surface area contributed by atoms with Gasteiger partial charge in [0, 0.05) is 23.7 Å². The molecule has 0 bridgehead atoms. The fourth-order valence-corrected chi connectivity index (χ4v) is 3.48. The van der Waals surface area contributed by atoms with Gasteiger partial charge in [-0.25, -0.2) is 0 Å². The minimum absolute atomic E-state index is 0.216. The van der Waals surface area contributed by atoms with Gasteiger partial charge < -0.3 is 21.2 Å². The van der Waals surface area contributed by atoms with Gasteiger partial charge in [-0.2, -0.15) is 0 Å². The van der Waals surface area contributed by atoms with Gasteiger partial charge in [0.25, 0.3) is 0 Å². The monoisotopic (exact) mass is 432 g/mol. The standard InChI is InChI=1S/C20H28N4OS.2C2H6/c1-3-13-24(4-2)17-9-5-15(6-10-17)16-7-11-18(12-8-16)26-20(21)19(14-25)23-22;2*1-2/h5-12,23,25H,3-4,13-14,21-22H2,1-2H3;2*1-2H3/b20-19+;;. The molecule has 0 unspecified atom stereocenters. The van der Waals surface area contributed by atoms with Gasteiger partial charge >= 0.3 is 0 Å². The van der Waals surface area contributed by atoms with Crippen molar-refractivity contribution in [2.45, 2.75) is 52.9 Å². The van der Waals surface area contributed by atoms with E-state index in [2.05, 4.69) is 60.6 Å². The Morgan fingerprint density at radius 1 is 0.933 bits per heavy atom. The highest BCUT2D eigenvalue weighted by Gasteiger charge is 2.06. The molecule has 0 amide bonds. The van der Waals surface area contributed by atoms with Crippen molar-refractivity contribution in [3.8, 4) is 11.1 Å². The van der Waals surface area contributed by atoms with Gasteiger partial charge in [-0.1, -0.05) is 70.6 Å². The molecule has 0 aliphatic carbocycles. The van der Waals surface area contributed by atoms with Crippen molar-refractivity contribution >= 4 is 17.4 Å². The third kappa shape index (κ3) is 8.69. The highest BCUT2D eigenvalue weighted by atomic mass is 32.2. The van der Waals surface area contributed by atoms with E-state index in [-0.39, 0.29) is 6.61 Å². The zero-order valence-corrected chi connectivity index (χ0v) is 20.2. The Hall–Kier alpha value is -2.15. The van der Waals surface area contributed by atoms with Crippen LogP contribution in [-0.4, -0.2) is 24.8 Å². The van der Waals surface area contributed by atoms with E-state index in [1.807, 2.05) is 39.8 Å². The van der Waals surface area contributed by atoms with E-state index in [0.717, 1.165) is 30.0 Å². The van der Waals surface area contributed by atoms with Crippen molar-refractivity contribution < 1.29 is 5.11 Å². The van der Waals surface area contributed by atoms with Gasteiger partial charge in [0.2, 0.25) is 0 Å². The van der Waals surface area contributed by atoms with Gasteiger partial charge in [0.05, 0.1) is 17.3 Å². The van der Waals surface area contributed by atoms with Crippen LogP contribution in [0.25, 0.3) is 11.1 Å². The number of aliphatic hydroxyl groups excluding tert-OH is 1. The van der Waals surface area contributed by atoms with E-state index in [9.17, 15) is 5.11 Å². The molecular weight excluding hydrogens is 392 g/mol. The van der Waals surface area contributed by atoms with E-state index in [0.29, 0.717) is 10.7 Å². The summed E-state index contributed by atoms with van der Waals surface area (Å²) in [6, 6.07) is 16.9. The molecule has 0 saturated carbocycles. The molecule has 0 fully saturated rings. The number of hydrazine groups is 1. The topological polar surface area (TPSA) is 87.5 Å². The van der Waals surface area contributed by atoms with Gasteiger partial charge in [0.1, 0.15) is 0 Å². The highest BCUT2D eigenvalue weighted by molar-refractivity contribution is 8.03. The van der Waals surface area contributed by atoms with Gasteiger partial charge in [0.15, 0.2) is 0 Å². The van der Waals surface area contributed by atoms with Crippen molar-refractivity contribution in [2.24, 2.45) is 11.6 Å². The highest BCUT2D eigenvalue weighted by Crippen LogP contribution is 2.28. The Balaban J connectivity index is 0.00000198. The molecule has 0 aromatic heterocycles. The van der Waals surface area contributed by atoms with Crippen LogP contribution in [0.2, 0.25) is 0 Å². The molecule has 30 heavy (non-hydrogen) atoms. The molecule has 2 rings (SSSR count). The fourth-order valence-electron chi connectivity index (χ4n) is 2.70. The third-order valence-corrected chi connectivity index (χ3v) is 5.13. The summed E-state index contributed by atoms with van der Waals surface area (Å²) in [4.78, 5) is 3.37. The van der Waals surface area contributed by atoms with Gasteiger partial charge in [-0.15, -0.1) is 0 Å². The molecule has 2 aromatic carbocycles. The number of nitrogens with zero attached hydrogens (tertiary/aromatic N) is 1. The molecule has 6 N–H and O–H groups in total. The molecule has 0 saturated heterocycles.